The van der Waals surface area contributed by atoms with Crippen molar-refractivity contribution in [2.24, 2.45) is 0 Å². The summed E-state index contributed by atoms with van der Waals surface area (Å²) in [5, 5.41) is 77.7. The van der Waals surface area contributed by atoms with Crippen LogP contribution in [-0.2, 0) is 18.9 Å². The van der Waals surface area contributed by atoms with Crippen LogP contribution in [0.4, 0.5) is 0 Å². The quantitative estimate of drug-likeness (QED) is 0.0546. The third kappa shape index (κ3) is 9.72. The Balaban J connectivity index is 2.01. The summed E-state index contributed by atoms with van der Waals surface area (Å²) in [5.74, 6) is 0.736. The number of ether oxygens (including phenoxy) is 8. The molecule has 20 nitrogen and oxygen atoms in total. The second-order valence-electron chi connectivity index (χ2n) is 11.5. The Morgan fingerprint density at radius 1 is 0.321 bits per heavy atom. The van der Waals surface area contributed by atoms with E-state index in [0.29, 0.717) is 0 Å². The van der Waals surface area contributed by atoms with Crippen LogP contribution in [0.1, 0.15) is 22.8 Å². The van der Waals surface area contributed by atoms with Gasteiger partial charge < -0.3 is 88.7 Å². The number of aromatic amines is 2. The SMILES string of the molecule is OCCOC1=C(OCCO)c2cc3[nH]c(cc4[nH]c(cc5nc(cc1n2)C(OCCO)=C5OCCO)c(OCCO)c4OCCO)c(OCCO)c3OCCO. The highest BCUT2D eigenvalue weighted by Crippen LogP contribution is 2.43. The average Bonchev–Trinajstić information content (AvgIpc) is 3.90. The topological polar surface area (TPSA) is 293 Å². The summed E-state index contributed by atoms with van der Waals surface area (Å²) < 4.78 is 47.7. The summed E-state index contributed by atoms with van der Waals surface area (Å²) in [7, 11) is 0. The van der Waals surface area contributed by atoms with E-state index in [9.17, 15) is 40.9 Å². The molecule has 306 valence electrons. The zero-order valence-corrected chi connectivity index (χ0v) is 30.4. The lowest BCUT2D eigenvalue weighted by atomic mass is 10.2. The number of fused-ring (bicyclic) bond motifs is 8. The van der Waals surface area contributed by atoms with Gasteiger partial charge in [0.25, 0.3) is 0 Å². The molecule has 0 saturated carbocycles. The maximum absolute atomic E-state index is 9.72. The number of nitrogens with one attached hydrogen (secondary N) is 2. The normalized spacial score (nSPS) is 12.6. The Labute approximate surface area is 319 Å². The summed E-state index contributed by atoms with van der Waals surface area (Å²) in [6.07, 6.45) is 0. The molecule has 8 bridgehead atoms. The van der Waals surface area contributed by atoms with Gasteiger partial charge in [0.05, 0.1) is 74.9 Å². The molecule has 0 unspecified atom stereocenters. The molecule has 0 atom stereocenters. The minimum absolute atomic E-state index is 0.0643. The number of rotatable bonds is 24. The first kappa shape index (κ1) is 41.8. The van der Waals surface area contributed by atoms with Gasteiger partial charge in [-0.1, -0.05) is 0 Å². The lowest BCUT2D eigenvalue weighted by molar-refractivity contribution is 0.163. The van der Waals surface area contributed by atoms with Crippen LogP contribution in [0.2, 0.25) is 0 Å². The largest absolute Gasteiger partial charge is 0.485 e. The summed E-state index contributed by atoms with van der Waals surface area (Å²) in [6.45, 7) is -4.25. The van der Waals surface area contributed by atoms with E-state index in [1.165, 1.54) is 18.2 Å². The Kier molecular flexibility index (Phi) is 15.8. The molecule has 0 radical (unpaired) electrons. The van der Waals surface area contributed by atoms with E-state index in [0.717, 1.165) is 0 Å². The molecule has 3 aromatic heterocycles. The maximum atomic E-state index is 9.72. The number of aliphatic hydroxyl groups is 8. The molecule has 10 N–H and O–H groups in total. The minimum Gasteiger partial charge on any atom is -0.485 e. The van der Waals surface area contributed by atoms with Gasteiger partial charge in [0.2, 0.25) is 0 Å². The van der Waals surface area contributed by atoms with Crippen molar-refractivity contribution < 1.29 is 78.7 Å². The van der Waals surface area contributed by atoms with Gasteiger partial charge in [0.1, 0.15) is 75.6 Å². The molecule has 56 heavy (non-hydrogen) atoms. The van der Waals surface area contributed by atoms with E-state index in [1.807, 2.05) is 0 Å². The zero-order valence-electron chi connectivity index (χ0n) is 30.4. The number of aromatic nitrogens is 4. The third-order valence-electron chi connectivity index (χ3n) is 7.58. The van der Waals surface area contributed by atoms with Gasteiger partial charge in [-0.15, -0.1) is 0 Å². The lowest BCUT2D eigenvalue weighted by Gasteiger charge is -2.11. The standard InChI is InChI=1S/C36H46N4O16/c41-1-9-49-29-21-17-23-31(51-11-3-43)33(53-13-5-45)25(38-23)19-27-35(55-15-7-47)36(56-16-8-48)28(40-27)20-26-34(54-14-6-46)32(52-12-4-44)24(39-26)18-22(37-21)30(29)50-10-2-42/h17-20,37-38,41-48H,1-16H2. The number of H-pyrrole nitrogens is 2. The van der Waals surface area contributed by atoms with Crippen molar-refractivity contribution in [2.75, 3.05) is 106 Å². The molecule has 5 rings (SSSR count). The first-order chi connectivity index (χ1) is 27.5. The van der Waals surface area contributed by atoms with Gasteiger partial charge in [-0.25, -0.2) is 9.97 Å². The van der Waals surface area contributed by atoms with Gasteiger partial charge in [-0.2, -0.15) is 0 Å². The lowest BCUT2D eigenvalue weighted by Crippen LogP contribution is -2.06. The number of hydrogen-bond acceptors (Lipinski definition) is 18. The minimum atomic E-state index is -0.371. The third-order valence-corrected chi connectivity index (χ3v) is 7.58. The van der Waals surface area contributed by atoms with Crippen LogP contribution in [-0.4, -0.2) is 166 Å². The highest BCUT2D eigenvalue weighted by atomic mass is 16.5. The number of aliphatic hydroxyl groups excluding tert-OH is 8. The van der Waals surface area contributed by atoms with Crippen LogP contribution in [0.15, 0.2) is 24.3 Å². The van der Waals surface area contributed by atoms with E-state index >= 15 is 0 Å². The van der Waals surface area contributed by atoms with E-state index < -0.39 is 0 Å². The van der Waals surface area contributed by atoms with E-state index in [2.05, 4.69) is 9.97 Å². The fourth-order valence-electron chi connectivity index (χ4n) is 5.59. The highest BCUT2D eigenvalue weighted by molar-refractivity contribution is 5.92. The molecule has 0 fully saturated rings. The van der Waals surface area contributed by atoms with E-state index in [4.69, 9.17) is 47.9 Å². The number of hydrogen-bond donors (Lipinski definition) is 10. The molecule has 2 aliphatic heterocycles. The molecule has 2 aliphatic rings. The molecular formula is C36H46N4O16. The van der Waals surface area contributed by atoms with Gasteiger partial charge in [0.15, 0.2) is 46.0 Å². The van der Waals surface area contributed by atoms with Crippen LogP contribution in [0.3, 0.4) is 0 Å². The number of nitrogens with zero attached hydrogens (tertiary/aromatic N) is 2. The average molecular weight is 791 g/mol. The molecule has 3 aromatic rings. The fourth-order valence-corrected chi connectivity index (χ4v) is 5.59. The second-order valence-corrected chi connectivity index (χ2v) is 11.5. The Morgan fingerprint density at radius 2 is 0.554 bits per heavy atom. The molecule has 0 spiro atoms. The van der Waals surface area contributed by atoms with Crippen molar-refractivity contribution in [3.05, 3.63) is 47.0 Å². The Bertz CT molecular complexity index is 1860. The highest BCUT2D eigenvalue weighted by Gasteiger charge is 2.29. The van der Waals surface area contributed by atoms with Crippen molar-refractivity contribution in [1.82, 2.24) is 19.9 Å². The first-order valence-corrected chi connectivity index (χ1v) is 17.7. The Morgan fingerprint density at radius 3 is 0.821 bits per heavy atom. The van der Waals surface area contributed by atoms with Crippen molar-refractivity contribution in [1.29, 1.82) is 0 Å². The van der Waals surface area contributed by atoms with Gasteiger partial charge >= 0.3 is 0 Å². The van der Waals surface area contributed by atoms with E-state index in [1.54, 1.807) is 6.07 Å². The first-order valence-electron chi connectivity index (χ1n) is 17.7. The van der Waals surface area contributed by atoms with Crippen molar-refractivity contribution in [3.8, 4) is 23.0 Å². The molecule has 0 saturated heterocycles. The van der Waals surface area contributed by atoms with Crippen LogP contribution >= 0.6 is 0 Å². The molecule has 5 heterocycles. The van der Waals surface area contributed by atoms with Crippen LogP contribution in [0.5, 0.6) is 23.0 Å². The molecule has 0 amide bonds. The summed E-state index contributed by atoms with van der Waals surface area (Å²) >= 11 is 0. The fraction of sp³-hybridized carbons (Fsp3) is 0.444. The summed E-state index contributed by atoms with van der Waals surface area (Å²) in [6, 6.07) is 6.14. The molecule has 20 heteroatoms. The molecule has 0 aliphatic carbocycles. The van der Waals surface area contributed by atoms with Crippen molar-refractivity contribution >= 4 is 45.1 Å². The molecule has 0 aromatic carbocycles. The van der Waals surface area contributed by atoms with Crippen LogP contribution in [0.25, 0.3) is 45.1 Å². The van der Waals surface area contributed by atoms with Crippen molar-refractivity contribution in [2.45, 2.75) is 0 Å². The summed E-state index contributed by atoms with van der Waals surface area (Å²) in [5.41, 5.74) is 1.64. The monoisotopic (exact) mass is 790 g/mol. The Hall–Kier alpha value is -5.32. The van der Waals surface area contributed by atoms with Gasteiger partial charge in [-0.05, 0) is 24.3 Å². The molecular weight excluding hydrogens is 744 g/mol. The maximum Gasteiger partial charge on any atom is 0.189 e. The van der Waals surface area contributed by atoms with Crippen LogP contribution < -0.4 is 18.9 Å². The predicted octanol–water partition coefficient (Wildman–Crippen LogP) is -0.514. The summed E-state index contributed by atoms with van der Waals surface area (Å²) in [4.78, 5) is 16.0. The predicted molar refractivity (Wildman–Crippen MR) is 197 cm³/mol. The smallest absolute Gasteiger partial charge is 0.189 e. The van der Waals surface area contributed by atoms with Gasteiger partial charge in [0, 0.05) is 0 Å². The zero-order chi connectivity index (χ0) is 39.9. The van der Waals surface area contributed by atoms with Gasteiger partial charge in [-0.3, -0.25) is 0 Å². The van der Waals surface area contributed by atoms with Crippen molar-refractivity contribution in [3.63, 3.8) is 0 Å². The van der Waals surface area contributed by atoms with E-state index in [-0.39, 0.29) is 197 Å². The van der Waals surface area contributed by atoms with Crippen LogP contribution in [0, 0.1) is 0 Å². The second kappa shape index (κ2) is 21.1.